The number of fused-ring (bicyclic) bond motifs is 3. The molecule has 5 nitrogen and oxygen atoms in total. The Kier molecular flexibility index (Phi) is 7.64. The maximum Gasteiger partial charge on any atom is 0.406 e. The topological polar surface area (TPSA) is 52.7 Å². The number of halogens is 3. The van der Waals surface area contributed by atoms with E-state index < -0.39 is 24.5 Å². The summed E-state index contributed by atoms with van der Waals surface area (Å²) < 4.78 is 40.7. The smallest absolute Gasteiger partial charge is 0.367 e. The van der Waals surface area contributed by atoms with E-state index in [0.717, 1.165) is 45.7 Å². The van der Waals surface area contributed by atoms with Crippen molar-refractivity contribution in [2.75, 3.05) is 31.1 Å². The predicted octanol–water partition coefficient (Wildman–Crippen LogP) is 6.00. The van der Waals surface area contributed by atoms with Crippen molar-refractivity contribution < 1.29 is 22.8 Å². The minimum absolute atomic E-state index is 0.0673. The summed E-state index contributed by atoms with van der Waals surface area (Å²) in [5.41, 5.74) is 4.65. The fourth-order valence-electron chi connectivity index (χ4n) is 5.62. The van der Waals surface area contributed by atoms with Crippen LogP contribution in [0.2, 0.25) is 0 Å². The Bertz CT molecular complexity index is 1340. The number of rotatable bonds is 9. The van der Waals surface area contributed by atoms with Crippen LogP contribution in [0.25, 0.3) is 11.1 Å². The zero-order valence-electron chi connectivity index (χ0n) is 21.9. The van der Waals surface area contributed by atoms with Crippen LogP contribution < -0.4 is 10.2 Å². The first-order valence-electron chi connectivity index (χ1n) is 13.5. The zero-order chi connectivity index (χ0) is 27.6. The fourth-order valence-corrected chi connectivity index (χ4v) is 5.62. The second kappa shape index (κ2) is 11.1. The standard InChI is InChI=1S/C31H32F3N3O2/c1-2-3-9-17-36(20-31(32,33)34)30(39)28-25-14-8-7-13-23(25)24-15-10-16-26(27(24)28)37-18-22(19-37)35-29(38)21-11-5-4-6-12-21/h4-8,10-16,22,28H,2-3,9,17-20H2,1H3,(H,35,38). The summed E-state index contributed by atoms with van der Waals surface area (Å²) in [6, 6.07) is 22.2. The third-order valence-corrected chi connectivity index (χ3v) is 7.49. The minimum atomic E-state index is -4.48. The molecule has 204 valence electrons. The molecule has 0 bridgehead atoms. The van der Waals surface area contributed by atoms with Gasteiger partial charge in [0.15, 0.2) is 0 Å². The molecule has 0 saturated carbocycles. The number of alkyl halides is 3. The normalized spacial score (nSPS) is 16.3. The average molecular weight is 536 g/mol. The van der Waals surface area contributed by atoms with E-state index in [0.29, 0.717) is 25.1 Å². The molecule has 1 aliphatic heterocycles. The van der Waals surface area contributed by atoms with Gasteiger partial charge in [-0.05, 0) is 41.3 Å². The summed E-state index contributed by atoms with van der Waals surface area (Å²) >= 11 is 0. The molecule has 3 aromatic carbocycles. The van der Waals surface area contributed by atoms with Gasteiger partial charge >= 0.3 is 6.18 Å². The summed E-state index contributed by atoms with van der Waals surface area (Å²) in [4.78, 5) is 29.6. The van der Waals surface area contributed by atoms with E-state index in [1.807, 2.05) is 67.6 Å². The van der Waals surface area contributed by atoms with Crippen molar-refractivity contribution in [1.82, 2.24) is 10.2 Å². The Morgan fingerprint density at radius 2 is 1.62 bits per heavy atom. The number of carbonyl (C=O) groups excluding carboxylic acids is 2. The van der Waals surface area contributed by atoms with Gasteiger partial charge in [0.05, 0.1) is 12.0 Å². The Hall–Kier alpha value is -3.81. The van der Waals surface area contributed by atoms with Gasteiger partial charge in [-0.25, -0.2) is 0 Å². The van der Waals surface area contributed by atoms with Gasteiger partial charge in [0.2, 0.25) is 5.91 Å². The van der Waals surface area contributed by atoms with Crippen LogP contribution in [0.1, 0.15) is 53.6 Å². The Balaban J connectivity index is 1.42. The monoisotopic (exact) mass is 535 g/mol. The lowest BCUT2D eigenvalue weighted by Gasteiger charge is -2.42. The highest BCUT2D eigenvalue weighted by atomic mass is 19.4. The first-order valence-corrected chi connectivity index (χ1v) is 13.5. The molecule has 1 N–H and O–H groups in total. The fraction of sp³-hybridized carbons (Fsp3) is 0.355. The number of unbranched alkanes of at least 4 members (excludes halogenated alkanes) is 2. The third kappa shape index (κ3) is 5.65. The van der Waals surface area contributed by atoms with E-state index >= 15 is 0 Å². The Morgan fingerprint density at radius 1 is 0.923 bits per heavy atom. The van der Waals surface area contributed by atoms with E-state index in [4.69, 9.17) is 0 Å². The second-order valence-corrected chi connectivity index (χ2v) is 10.3. The molecule has 1 aliphatic carbocycles. The number of hydrogen-bond acceptors (Lipinski definition) is 3. The van der Waals surface area contributed by atoms with Crippen LogP contribution in [0.5, 0.6) is 0 Å². The number of benzene rings is 3. The van der Waals surface area contributed by atoms with Crippen LogP contribution in [0.4, 0.5) is 18.9 Å². The molecule has 1 heterocycles. The van der Waals surface area contributed by atoms with Gasteiger partial charge in [-0.2, -0.15) is 13.2 Å². The molecule has 2 aliphatic rings. The van der Waals surface area contributed by atoms with Gasteiger partial charge in [-0.15, -0.1) is 0 Å². The summed E-state index contributed by atoms with van der Waals surface area (Å²) in [6.07, 6.45) is -2.35. The van der Waals surface area contributed by atoms with Crippen molar-refractivity contribution in [2.45, 2.75) is 44.3 Å². The van der Waals surface area contributed by atoms with Crippen LogP contribution in [0, 0.1) is 0 Å². The Morgan fingerprint density at radius 3 is 2.33 bits per heavy atom. The van der Waals surface area contributed by atoms with Crippen LogP contribution >= 0.6 is 0 Å². The number of anilines is 1. The second-order valence-electron chi connectivity index (χ2n) is 10.3. The lowest BCUT2D eigenvalue weighted by atomic mass is 9.92. The first kappa shape index (κ1) is 26.8. The van der Waals surface area contributed by atoms with E-state index in [1.165, 1.54) is 0 Å². The molecule has 8 heteroatoms. The molecule has 0 spiro atoms. The number of nitrogens with zero attached hydrogens (tertiary/aromatic N) is 2. The summed E-state index contributed by atoms with van der Waals surface area (Å²) in [5.74, 6) is -1.47. The molecular formula is C31H32F3N3O2. The van der Waals surface area contributed by atoms with Crippen molar-refractivity contribution in [3.63, 3.8) is 0 Å². The van der Waals surface area contributed by atoms with Crippen molar-refractivity contribution >= 4 is 17.5 Å². The molecule has 1 unspecified atom stereocenters. The molecule has 1 saturated heterocycles. The third-order valence-electron chi connectivity index (χ3n) is 7.49. The van der Waals surface area contributed by atoms with Gasteiger partial charge in [-0.3, -0.25) is 9.59 Å². The van der Waals surface area contributed by atoms with Crippen LogP contribution in [-0.4, -0.2) is 55.1 Å². The van der Waals surface area contributed by atoms with Crippen LogP contribution in [0.15, 0.2) is 72.8 Å². The van der Waals surface area contributed by atoms with Gasteiger partial charge in [0.1, 0.15) is 6.54 Å². The van der Waals surface area contributed by atoms with Gasteiger partial charge in [-0.1, -0.05) is 74.4 Å². The largest absolute Gasteiger partial charge is 0.406 e. The predicted molar refractivity (Wildman–Crippen MR) is 146 cm³/mol. The number of nitrogens with one attached hydrogen (secondary N) is 1. The maximum absolute atomic E-state index is 13.9. The zero-order valence-corrected chi connectivity index (χ0v) is 21.9. The molecule has 0 aromatic heterocycles. The highest BCUT2D eigenvalue weighted by molar-refractivity contribution is 5.99. The number of amides is 2. The van der Waals surface area contributed by atoms with E-state index in [-0.39, 0.29) is 18.5 Å². The Labute approximate surface area is 226 Å². The summed E-state index contributed by atoms with van der Waals surface area (Å²) in [7, 11) is 0. The van der Waals surface area contributed by atoms with Crippen molar-refractivity contribution in [2.24, 2.45) is 0 Å². The average Bonchev–Trinajstić information content (AvgIpc) is 3.24. The van der Waals surface area contributed by atoms with Gasteiger partial charge in [0, 0.05) is 36.4 Å². The number of hydrogen-bond donors (Lipinski definition) is 1. The first-order chi connectivity index (χ1) is 18.8. The van der Waals surface area contributed by atoms with Crippen LogP contribution in [-0.2, 0) is 4.79 Å². The SMILES string of the molecule is CCCCCN(CC(F)(F)F)C(=O)C1c2ccccc2-c2cccc(N3CC(NC(=O)c4ccccc4)C3)c21. The molecule has 5 rings (SSSR count). The maximum atomic E-state index is 13.9. The lowest BCUT2D eigenvalue weighted by molar-refractivity contribution is -0.161. The minimum Gasteiger partial charge on any atom is -0.367 e. The van der Waals surface area contributed by atoms with E-state index in [1.54, 1.807) is 12.1 Å². The van der Waals surface area contributed by atoms with Crippen molar-refractivity contribution in [1.29, 1.82) is 0 Å². The summed E-state index contributed by atoms with van der Waals surface area (Å²) in [5, 5.41) is 3.04. The van der Waals surface area contributed by atoms with Gasteiger partial charge in [0.25, 0.3) is 5.91 Å². The van der Waals surface area contributed by atoms with E-state index in [2.05, 4.69) is 10.2 Å². The molecule has 1 atom stereocenters. The lowest BCUT2D eigenvalue weighted by Crippen LogP contribution is -2.59. The summed E-state index contributed by atoms with van der Waals surface area (Å²) in [6.45, 7) is 1.89. The van der Waals surface area contributed by atoms with Crippen molar-refractivity contribution in [3.8, 4) is 11.1 Å². The number of carbonyl (C=O) groups is 2. The molecule has 39 heavy (non-hydrogen) atoms. The molecule has 2 amide bonds. The van der Waals surface area contributed by atoms with Crippen LogP contribution in [0.3, 0.4) is 0 Å². The quantitative estimate of drug-likeness (QED) is 0.342. The molecule has 0 radical (unpaired) electrons. The molecule has 3 aromatic rings. The van der Waals surface area contributed by atoms with E-state index in [9.17, 15) is 22.8 Å². The molecular weight excluding hydrogens is 503 g/mol. The molecule has 1 fully saturated rings. The van der Waals surface area contributed by atoms with Crippen molar-refractivity contribution in [3.05, 3.63) is 89.5 Å². The highest BCUT2D eigenvalue weighted by Gasteiger charge is 2.42. The van der Waals surface area contributed by atoms with Gasteiger partial charge < -0.3 is 15.1 Å². The highest BCUT2D eigenvalue weighted by Crippen LogP contribution is 2.50.